The van der Waals surface area contributed by atoms with Crippen LogP contribution in [-0.4, -0.2) is 12.0 Å². The Balaban J connectivity index is 2.03. The first-order valence-corrected chi connectivity index (χ1v) is 7.23. The standard InChI is InChI=1S/C15H20N2S/c1-11(2)13-6-4-12(5-7-13)8-15-17-14(9-16-3)10-18-15/h4-7,10-11,16H,8-9H2,1-3H3. The maximum atomic E-state index is 4.61. The lowest BCUT2D eigenvalue weighted by molar-refractivity contribution is 0.793. The zero-order valence-corrected chi connectivity index (χ0v) is 12.1. The van der Waals surface area contributed by atoms with Gasteiger partial charge in [-0.2, -0.15) is 0 Å². The molecule has 0 saturated carbocycles. The summed E-state index contributed by atoms with van der Waals surface area (Å²) in [6.07, 6.45) is 0.937. The molecule has 0 aliphatic carbocycles. The first-order valence-electron chi connectivity index (χ1n) is 6.35. The Bertz CT molecular complexity index is 485. The van der Waals surface area contributed by atoms with Gasteiger partial charge in [0.1, 0.15) is 0 Å². The molecule has 0 atom stereocenters. The number of hydrogen-bond acceptors (Lipinski definition) is 3. The summed E-state index contributed by atoms with van der Waals surface area (Å²) in [5, 5.41) is 6.45. The molecule has 0 aliphatic rings. The molecule has 3 heteroatoms. The molecule has 0 bridgehead atoms. The molecule has 0 fully saturated rings. The number of aromatic nitrogens is 1. The quantitative estimate of drug-likeness (QED) is 0.889. The average Bonchev–Trinajstić information content (AvgIpc) is 2.78. The van der Waals surface area contributed by atoms with Crippen molar-refractivity contribution in [2.45, 2.75) is 32.7 Å². The third-order valence-electron chi connectivity index (χ3n) is 2.96. The zero-order valence-electron chi connectivity index (χ0n) is 11.2. The molecule has 0 unspecified atom stereocenters. The fraction of sp³-hybridized carbons (Fsp3) is 0.400. The van der Waals surface area contributed by atoms with Crippen LogP contribution in [0.2, 0.25) is 0 Å². The van der Waals surface area contributed by atoms with Gasteiger partial charge in [0.15, 0.2) is 0 Å². The maximum absolute atomic E-state index is 4.61. The Morgan fingerprint density at radius 1 is 1.22 bits per heavy atom. The van der Waals surface area contributed by atoms with Gasteiger partial charge in [0.2, 0.25) is 0 Å². The van der Waals surface area contributed by atoms with Crippen molar-refractivity contribution in [1.82, 2.24) is 10.3 Å². The minimum absolute atomic E-state index is 0.598. The van der Waals surface area contributed by atoms with Gasteiger partial charge in [-0.1, -0.05) is 38.1 Å². The van der Waals surface area contributed by atoms with Crippen LogP contribution in [0.1, 0.15) is 41.6 Å². The molecule has 0 amide bonds. The molecule has 18 heavy (non-hydrogen) atoms. The highest BCUT2D eigenvalue weighted by Crippen LogP contribution is 2.18. The highest BCUT2D eigenvalue weighted by Gasteiger charge is 2.04. The molecular weight excluding hydrogens is 240 g/mol. The summed E-state index contributed by atoms with van der Waals surface area (Å²) in [5.41, 5.74) is 3.87. The summed E-state index contributed by atoms with van der Waals surface area (Å²) in [4.78, 5) is 4.61. The molecule has 2 aromatic rings. The number of nitrogens with zero attached hydrogens (tertiary/aromatic N) is 1. The molecule has 0 radical (unpaired) electrons. The van der Waals surface area contributed by atoms with E-state index in [9.17, 15) is 0 Å². The zero-order chi connectivity index (χ0) is 13.0. The molecule has 1 aromatic heterocycles. The molecule has 0 spiro atoms. The van der Waals surface area contributed by atoms with E-state index >= 15 is 0 Å². The highest BCUT2D eigenvalue weighted by atomic mass is 32.1. The van der Waals surface area contributed by atoms with Crippen LogP contribution in [0.3, 0.4) is 0 Å². The fourth-order valence-corrected chi connectivity index (χ4v) is 2.72. The number of nitrogens with one attached hydrogen (secondary N) is 1. The minimum Gasteiger partial charge on any atom is -0.314 e. The number of rotatable bonds is 5. The minimum atomic E-state index is 0.598. The Morgan fingerprint density at radius 3 is 2.56 bits per heavy atom. The molecule has 0 aliphatic heterocycles. The summed E-state index contributed by atoms with van der Waals surface area (Å²) < 4.78 is 0. The summed E-state index contributed by atoms with van der Waals surface area (Å²) in [6, 6.07) is 8.88. The Labute approximate surface area is 113 Å². The fourth-order valence-electron chi connectivity index (χ4n) is 1.89. The van der Waals surface area contributed by atoms with Gasteiger partial charge < -0.3 is 5.32 Å². The maximum Gasteiger partial charge on any atom is 0.0972 e. The molecular formula is C15H20N2S. The first kappa shape index (κ1) is 13.2. The second-order valence-corrected chi connectivity index (χ2v) is 5.78. The molecule has 96 valence electrons. The Hall–Kier alpha value is -1.19. The van der Waals surface area contributed by atoms with Gasteiger partial charge in [-0.05, 0) is 24.1 Å². The van der Waals surface area contributed by atoms with Crippen LogP contribution >= 0.6 is 11.3 Å². The van der Waals surface area contributed by atoms with Crippen molar-refractivity contribution >= 4 is 11.3 Å². The van der Waals surface area contributed by atoms with Gasteiger partial charge in [0.25, 0.3) is 0 Å². The molecule has 1 heterocycles. The Morgan fingerprint density at radius 2 is 1.94 bits per heavy atom. The van der Waals surface area contributed by atoms with Crippen molar-refractivity contribution in [2.75, 3.05) is 7.05 Å². The van der Waals surface area contributed by atoms with Crippen LogP contribution < -0.4 is 5.32 Å². The van der Waals surface area contributed by atoms with Gasteiger partial charge >= 0.3 is 0 Å². The summed E-state index contributed by atoms with van der Waals surface area (Å²) in [7, 11) is 1.95. The molecule has 1 N–H and O–H groups in total. The molecule has 2 rings (SSSR count). The predicted molar refractivity (Wildman–Crippen MR) is 78.2 cm³/mol. The van der Waals surface area contributed by atoms with Crippen molar-refractivity contribution in [2.24, 2.45) is 0 Å². The van der Waals surface area contributed by atoms with Crippen LogP contribution in [0.15, 0.2) is 29.6 Å². The number of benzene rings is 1. The van der Waals surface area contributed by atoms with Crippen LogP contribution in [0, 0.1) is 0 Å². The van der Waals surface area contributed by atoms with Gasteiger partial charge in [-0.3, -0.25) is 0 Å². The third kappa shape index (κ3) is 3.40. The van der Waals surface area contributed by atoms with E-state index in [1.807, 2.05) is 7.05 Å². The lowest BCUT2D eigenvalue weighted by Crippen LogP contribution is -2.05. The second kappa shape index (κ2) is 6.12. The van der Waals surface area contributed by atoms with Crippen molar-refractivity contribution < 1.29 is 0 Å². The lowest BCUT2D eigenvalue weighted by Gasteiger charge is -2.05. The van der Waals surface area contributed by atoms with Gasteiger partial charge in [-0.25, -0.2) is 4.98 Å². The van der Waals surface area contributed by atoms with E-state index in [0.29, 0.717) is 5.92 Å². The van der Waals surface area contributed by atoms with E-state index in [2.05, 4.69) is 53.8 Å². The average molecular weight is 260 g/mol. The second-order valence-electron chi connectivity index (χ2n) is 4.84. The van der Waals surface area contributed by atoms with Crippen LogP contribution in [-0.2, 0) is 13.0 Å². The summed E-state index contributed by atoms with van der Waals surface area (Å²) in [6.45, 7) is 5.29. The van der Waals surface area contributed by atoms with E-state index < -0.39 is 0 Å². The van der Waals surface area contributed by atoms with E-state index in [1.165, 1.54) is 16.1 Å². The molecule has 2 nitrogen and oxygen atoms in total. The van der Waals surface area contributed by atoms with Crippen molar-refractivity contribution in [1.29, 1.82) is 0 Å². The number of hydrogen-bond donors (Lipinski definition) is 1. The smallest absolute Gasteiger partial charge is 0.0972 e. The Kier molecular flexibility index (Phi) is 4.50. The van der Waals surface area contributed by atoms with Crippen LogP contribution in [0.5, 0.6) is 0 Å². The van der Waals surface area contributed by atoms with Crippen molar-refractivity contribution in [3.63, 3.8) is 0 Å². The topological polar surface area (TPSA) is 24.9 Å². The molecule has 0 saturated heterocycles. The third-order valence-corrected chi connectivity index (χ3v) is 3.86. The highest BCUT2D eigenvalue weighted by molar-refractivity contribution is 7.09. The van der Waals surface area contributed by atoms with Crippen LogP contribution in [0.25, 0.3) is 0 Å². The van der Waals surface area contributed by atoms with E-state index in [1.54, 1.807) is 11.3 Å². The van der Waals surface area contributed by atoms with Gasteiger partial charge in [0, 0.05) is 18.3 Å². The van der Waals surface area contributed by atoms with Crippen molar-refractivity contribution in [3.05, 3.63) is 51.5 Å². The summed E-state index contributed by atoms with van der Waals surface area (Å²) >= 11 is 1.74. The monoisotopic (exact) mass is 260 g/mol. The van der Waals surface area contributed by atoms with Gasteiger partial charge in [0.05, 0.1) is 10.7 Å². The van der Waals surface area contributed by atoms with E-state index in [0.717, 1.165) is 18.7 Å². The summed E-state index contributed by atoms with van der Waals surface area (Å²) in [5.74, 6) is 0.598. The number of thiazole rings is 1. The SMILES string of the molecule is CNCc1csc(Cc2ccc(C(C)C)cc2)n1. The van der Waals surface area contributed by atoms with Crippen molar-refractivity contribution in [3.8, 4) is 0 Å². The normalized spacial score (nSPS) is 11.1. The molecule has 1 aromatic carbocycles. The van der Waals surface area contributed by atoms with E-state index in [4.69, 9.17) is 0 Å². The lowest BCUT2D eigenvalue weighted by atomic mass is 10.0. The first-order chi connectivity index (χ1) is 8.69. The van der Waals surface area contributed by atoms with Gasteiger partial charge in [-0.15, -0.1) is 11.3 Å². The van der Waals surface area contributed by atoms with Crippen LogP contribution in [0.4, 0.5) is 0 Å². The largest absolute Gasteiger partial charge is 0.314 e. The van der Waals surface area contributed by atoms with E-state index in [-0.39, 0.29) is 0 Å². The predicted octanol–water partition coefficient (Wildman–Crippen LogP) is 3.58.